The number of rotatable bonds is 7. The molecule has 27 heavy (non-hydrogen) atoms. The monoisotopic (exact) mass is 367 g/mol. The summed E-state index contributed by atoms with van der Waals surface area (Å²) in [6, 6.07) is 14.5. The molecule has 1 saturated heterocycles. The highest BCUT2D eigenvalue weighted by Crippen LogP contribution is 2.27. The number of nitrogens with two attached hydrogens (primary N) is 1. The molecule has 0 radical (unpaired) electrons. The van der Waals surface area contributed by atoms with Crippen LogP contribution in [0.2, 0.25) is 0 Å². The normalized spacial score (nSPS) is 15.3. The lowest BCUT2D eigenvalue weighted by Gasteiger charge is -2.28. The summed E-state index contributed by atoms with van der Waals surface area (Å²) >= 11 is 0. The average Bonchev–Trinajstić information content (AvgIpc) is 3.22. The number of hydrogen-bond donors (Lipinski definition) is 2. The van der Waals surface area contributed by atoms with Crippen LogP contribution in [0.5, 0.6) is 5.75 Å². The second kappa shape index (κ2) is 8.68. The summed E-state index contributed by atoms with van der Waals surface area (Å²) in [5, 5.41) is 3.00. The fraction of sp³-hybridized carbons (Fsp3) is 0.333. The second-order valence-electron chi connectivity index (χ2n) is 6.69. The number of likely N-dealkylation sites (tertiary alicyclic amines) is 1. The van der Waals surface area contributed by atoms with E-state index in [2.05, 4.69) is 16.3 Å². The molecule has 1 heterocycles. The van der Waals surface area contributed by atoms with Gasteiger partial charge in [0.2, 0.25) is 5.91 Å². The Kier molecular flexibility index (Phi) is 6.08. The molecule has 0 aliphatic carbocycles. The maximum Gasteiger partial charge on any atom is 0.251 e. The third kappa shape index (κ3) is 4.65. The second-order valence-corrected chi connectivity index (χ2v) is 6.69. The highest BCUT2D eigenvalue weighted by atomic mass is 16.5. The van der Waals surface area contributed by atoms with Crippen LogP contribution in [0.25, 0.3) is 0 Å². The number of nitrogens with one attached hydrogen (secondary N) is 1. The van der Waals surface area contributed by atoms with E-state index in [9.17, 15) is 9.59 Å². The molecule has 2 aromatic carbocycles. The minimum atomic E-state index is -0.545. The zero-order valence-electron chi connectivity index (χ0n) is 15.5. The maximum atomic E-state index is 12.6. The number of methoxy groups -OCH3 is 1. The lowest BCUT2D eigenvalue weighted by molar-refractivity contribution is 0.0938. The molecule has 2 aromatic rings. The molecule has 2 amide bonds. The van der Waals surface area contributed by atoms with Crippen LogP contribution >= 0.6 is 0 Å². The van der Waals surface area contributed by atoms with Gasteiger partial charge in [-0.25, -0.2) is 0 Å². The Morgan fingerprint density at radius 2 is 1.81 bits per heavy atom. The number of ether oxygens (including phenoxy) is 1. The quantitative estimate of drug-likeness (QED) is 0.787. The maximum absolute atomic E-state index is 12.6. The van der Waals surface area contributed by atoms with Gasteiger partial charge in [-0.1, -0.05) is 18.2 Å². The van der Waals surface area contributed by atoms with E-state index in [0.29, 0.717) is 17.7 Å². The minimum absolute atomic E-state index is 0.0749. The third-order valence-corrected chi connectivity index (χ3v) is 4.93. The molecular weight excluding hydrogens is 342 g/mol. The van der Waals surface area contributed by atoms with E-state index in [1.54, 1.807) is 25.3 Å². The molecule has 0 unspecified atom stereocenters. The highest BCUT2D eigenvalue weighted by Gasteiger charge is 2.24. The van der Waals surface area contributed by atoms with Gasteiger partial charge in [0.1, 0.15) is 5.75 Å². The van der Waals surface area contributed by atoms with E-state index in [-0.39, 0.29) is 11.9 Å². The van der Waals surface area contributed by atoms with Gasteiger partial charge in [0.25, 0.3) is 5.91 Å². The Morgan fingerprint density at radius 3 is 2.52 bits per heavy atom. The Morgan fingerprint density at radius 1 is 1.11 bits per heavy atom. The molecule has 142 valence electrons. The SMILES string of the molecule is COc1cccc([C@H](CNC(=O)c2cccc(C(N)=O)c2)N2CCCC2)c1. The summed E-state index contributed by atoms with van der Waals surface area (Å²) in [4.78, 5) is 26.3. The Hall–Kier alpha value is -2.86. The van der Waals surface area contributed by atoms with Gasteiger partial charge < -0.3 is 15.8 Å². The van der Waals surface area contributed by atoms with Crippen molar-refractivity contribution >= 4 is 11.8 Å². The van der Waals surface area contributed by atoms with Gasteiger partial charge in [-0.2, -0.15) is 0 Å². The highest BCUT2D eigenvalue weighted by molar-refractivity contribution is 5.99. The Bertz CT molecular complexity index is 816. The summed E-state index contributed by atoms with van der Waals surface area (Å²) in [5.41, 5.74) is 7.17. The van der Waals surface area contributed by atoms with E-state index >= 15 is 0 Å². The predicted molar refractivity (Wildman–Crippen MR) is 104 cm³/mol. The van der Waals surface area contributed by atoms with Gasteiger partial charge in [0, 0.05) is 17.7 Å². The largest absolute Gasteiger partial charge is 0.497 e. The van der Waals surface area contributed by atoms with Crippen molar-refractivity contribution in [3.05, 3.63) is 65.2 Å². The average molecular weight is 367 g/mol. The molecule has 3 N–H and O–H groups in total. The molecule has 6 nitrogen and oxygen atoms in total. The molecule has 0 aromatic heterocycles. The molecule has 3 rings (SSSR count). The van der Waals surface area contributed by atoms with Crippen molar-refractivity contribution in [1.29, 1.82) is 0 Å². The van der Waals surface area contributed by atoms with Crippen LogP contribution in [0.1, 0.15) is 45.2 Å². The van der Waals surface area contributed by atoms with Gasteiger partial charge >= 0.3 is 0 Å². The zero-order chi connectivity index (χ0) is 19.2. The molecule has 0 bridgehead atoms. The fourth-order valence-corrected chi connectivity index (χ4v) is 3.46. The van der Waals surface area contributed by atoms with E-state index in [1.165, 1.54) is 6.07 Å². The van der Waals surface area contributed by atoms with E-state index in [4.69, 9.17) is 10.5 Å². The Labute approximate surface area is 159 Å². The van der Waals surface area contributed by atoms with Gasteiger partial charge in [-0.05, 0) is 61.8 Å². The van der Waals surface area contributed by atoms with Crippen LogP contribution in [-0.4, -0.2) is 43.5 Å². The molecule has 1 fully saturated rings. The van der Waals surface area contributed by atoms with Gasteiger partial charge in [0.15, 0.2) is 0 Å². The third-order valence-electron chi connectivity index (χ3n) is 4.93. The lowest BCUT2D eigenvalue weighted by atomic mass is 10.0. The molecular formula is C21H25N3O3. The molecule has 0 spiro atoms. The van der Waals surface area contributed by atoms with Crippen molar-refractivity contribution in [1.82, 2.24) is 10.2 Å². The molecule has 1 atom stereocenters. The fourth-order valence-electron chi connectivity index (χ4n) is 3.46. The smallest absolute Gasteiger partial charge is 0.251 e. The number of benzene rings is 2. The van der Waals surface area contributed by atoms with Crippen molar-refractivity contribution < 1.29 is 14.3 Å². The van der Waals surface area contributed by atoms with Gasteiger partial charge in [-0.15, -0.1) is 0 Å². The van der Waals surface area contributed by atoms with E-state index in [0.717, 1.165) is 37.2 Å². The number of primary amides is 1. The molecule has 0 saturated carbocycles. The summed E-state index contributed by atoms with van der Waals surface area (Å²) in [6.07, 6.45) is 2.32. The van der Waals surface area contributed by atoms with Crippen molar-refractivity contribution in [2.24, 2.45) is 5.73 Å². The minimum Gasteiger partial charge on any atom is -0.497 e. The molecule has 1 aliphatic rings. The summed E-state index contributed by atoms with van der Waals surface area (Å²) in [5.74, 6) is 0.0401. The number of carbonyl (C=O) groups excluding carboxylic acids is 2. The summed E-state index contributed by atoms with van der Waals surface area (Å²) in [7, 11) is 1.65. The standard InChI is InChI=1S/C21H25N3O3/c1-27-18-9-5-6-15(13-18)19(24-10-2-3-11-24)14-23-21(26)17-8-4-7-16(12-17)20(22)25/h4-9,12-13,19H,2-3,10-11,14H2,1H3,(H2,22,25)(H,23,26)/t19-/m0/s1. The number of hydrogen-bond acceptors (Lipinski definition) is 4. The van der Waals surface area contributed by atoms with Crippen LogP contribution in [-0.2, 0) is 0 Å². The first kappa shape index (κ1) is 18.9. The topological polar surface area (TPSA) is 84.7 Å². The van der Waals surface area contributed by atoms with Crippen LogP contribution in [0.4, 0.5) is 0 Å². The molecule has 1 aliphatic heterocycles. The number of carbonyl (C=O) groups is 2. The van der Waals surface area contributed by atoms with Crippen LogP contribution < -0.4 is 15.8 Å². The van der Waals surface area contributed by atoms with E-state index in [1.807, 2.05) is 18.2 Å². The zero-order valence-corrected chi connectivity index (χ0v) is 15.5. The molecule has 6 heteroatoms. The van der Waals surface area contributed by atoms with Gasteiger partial charge in [0.05, 0.1) is 13.2 Å². The predicted octanol–water partition coefficient (Wildman–Crippen LogP) is 2.36. The van der Waals surface area contributed by atoms with Gasteiger partial charge in [-0.3, -0.25) is 14.5 Å². The first-order valence-corrected chi connectivity index (χ1v) is 9.14. The van der Waals surface area contributed by atoms with E-state index < -0.39 is 5.91 Å². The van der Waals surface area contributed by atoms with Crippen LogP contribution in [0.3, 0.4) is 0 Å². The Balaban J connectivity index is 1.75. The lowest BCUT2D eigenvalue weighted by Crippen LogP contribution is -2.36. The number of nitrogens with zero attached hydrogens (tertiary/aromatic N) is 1. The van der Waals surface area contributed by atoms with Crippen LogP contribution in [0.15, 0.2) is 48.5 Å². The van der Waals surface area contributed by atoms with Crippen molar-refractivity contribution in [2.45, 2.75) is 18.9 Å². The van der Waals surface area contributed by atoms with Crippen LogP contribution in [0, 0.1) is 0 Å². The summed E-state index contributed by atoms with van der Waals surface area (Å²) < 4.78 is 5.35. The first-order chi connectivity index (χ1) is 13.1. The first-order valence-electron chi connectivity index (χ1n) is 9.14. The van der Waals surface area contributed by atoms with Crippen molar-refractivity contribution in [3.8, 4) is 5.75 Å². The van der Waals surface area contributed by atoms with Crippen molar-refractivity contribution in [2.75, 3.05) is 26.7 Å². The van der Waals surface area contributed by atoms with Crippen molar-refractivity contribution in [3.63, 3.8) is 0 Å². The number of amides is 2. The summed E-state index contributed by atoms with van der Waals surface area (Å²) in [6.45, 7) is 2.50.